The van der Waals surface area contributed by atoms with Crippen LogP contribution in [0.1, 0.15) is 41.0 Å². The summed E-state index contributed by atoms with van der Waals surface area (Å²) in [5.41, 5.74) is 2.81. The number of hydrogen-bond acceptors (Lipinski definition) is 5. The molecule has 0 saturated heterocycles. The smallest absolute Gasteiger partial charge is 0.272 e. The molecule has 1 N–H and O–H groups in total. The SMILES string of the molecule is O=C(NC1CCc2c(ccc(=O)n2CC2CC2)C1)c1csnn1. The molecule has 2 aromatic heterocycles. The normalized spacial score (nSPS) is 20.1. The van der Waals surface area contributed by atoms with Crippen LogP contribution in [0.15, 0.2) is 22.3 Å². The van der Waals surface area contributed by atoms with Crippen molar-refractivity contribution >= 4 is 17.4 Å². The third-order valence-corrected chi connectivity index (χ3v) is 5.16. The Labute approximate surface area is 137 Å². The van der Waals surface area contributed by atoms with Gasteiger partial charge in [0.2, 0.25) is 0 Å². The lowest BCUT2D eigenvalue weighted by Gasteiger charge is -2.27. The standard InChI is InChI=1S/C16H18N4O2S/c21-15-6-3-11-7-12(17-16(22)13-9-23-19-18-13)4-5-14(11)20(15)8-10-1-2-10/h3,6,9-10,12H,1-2,4-5,7-8H2,(H,17,22). The number of fused-ring (bicyclic) bond motifs is 1. The van der Waals surface area contributed by atoms with Gasteiger partial charge in [-0.1, -0.05) is 10.6 Å². The van der Waals surface area contributed by atoms with E-state index in [9.17, 15) is 9.59 Å². The number of carbonyl (C=O) groups is 1. The number of nitrogens with zero attached hydrogens (tertiary/aromatic N) is 3. The third-order valence-electron chi connectivity index (χ3n) is 4.65. The second-order valence-electron chi connectivity index (χ2n) is 6.40. The third kappa shape index (κ3) is 3.06. The van der Waals surface area contributed by atoms with Crippen LogP contribution < -0.4 is 10.9 Å². The molecule has 1 atom stereocenters. The van der Waals surface area contributed by atoms with Crippen molar-refractivity contribution in [3.05, 3.63) is 44.8 Å². The van der Waals surface area contributed by atoms with Gasteiger partial charge in [-0.3, -0.25) is 9.59 Å². The zero-order chi connectivity index (χ0) is 15.8. The number of amides is 1. The summed E-state index contributed by atoms with van der Waals surface area (Å²) in [6, 6.07) is 3.67. The van der Waals surface area contributed by atoms with Gasteiger partial charge in [0.1, 0.15) is 0 Å². The summed E-state index contributed by atoms with van der Waals surface area (Å²) in [4.78, 5) is 24.2. The number of nitrogens with one attached hydrogen (secondary N) is 1. The first-order valence-electron chi connectivity index (χ1n) is 8.00. The van der Waals surface area contributed by atoms with E-state index in [1.807, 2.05) is 10.6 Å². The molecule has 1 amide bonds. The number of carbonyl (C=O) groups excluding carboxylic acids is 1. The molecule has 0 aliphatic heterocycles. The van der Waals surface area contributed by atoms with E-state index >= 15 is 0 Å². The highest BCUT2D eigenvalue weighted by Crippen LogP contribution is 2.31. The average Bonchev–Trinajstić information content (AvgIpc) is 3.19. The van der Waals surface area contributed by atoms with E-state index in [0.717, 1.165) is 31.5 Å². The van der Waals surface area contributed by atoms with Gasteiger partial charge < -0.3 is 9.88 Å². The Balaban J connectivity index is 1.51. The van der Waals surface area contributed by atoms with Gasteiger partial charge in [0, 0.05) is 29.7 Å². The number of rotatable bonds is 4. The lowest BCUT2D eigenvalue weighted by molar-refractivity contribution is 0.0928. The summed E-state index contributed by atoms with van der Waals surface area (Å²) in [7, 11) is 0. The fourth-order valence-corrected chi connectivity index (χ4v) is 3.67. The lowest BCUT2D eigenvalue weighted by Crippen LogP contribution is -2.40. The monoisotopic (exact) mass is 330 g/mol. The second kappa shape index (κ2) is 5.88. The molecule has 2 heterocycles. The van der Waals surface area contributed by atoms with Crippen LogP contribution in [0.4, 0.5) is 0 Å². The van der Waals surface area contributed by atoms with Crippen LogP contribution in [-0.2, 0) is 19.4 Å². The lowest BCUT2D eigenvalue weighted by atomic mass is 9.91. The molecular formula is C16H18N4O2S. The van der Waals surface area contributed by atoms with Crippen LogP contribution in [0.3, 0.4) is 0 Å². The quantitative estimate of drug-likeness (QED) is 0.919. The molecule has 0 aromatic carbocycles. The van der Waals surface area contributed by atoms with Crippen LogP contribution in [0.5, 0.6) is 0 Å². The van der Waals surface area contributed by atoms with Crippen molar-refractivity contribution in [1.82, 2.24) is 19.5 Å². The Kier molecular flexibility index (Phi) is 3.72. The van der Waals surface area contributed by atoms with Gasteiger partial charge in [-0.2, -0.15) is 0 Å². The van der Waals surface area contributed by atoms with E-state index in [1.165, 1.54) is 29.9 Å². The highest BCUT2D eigenvalue weighted by Gasteiger charge is 2.27. The summed E-state index contributed by atoms with van der Waals surface area (Å²) < 4.78 is 5.67. The maximum absolute atomic E-state index is 12.1. The molecule has 0 spiro atoms. The summed E-state index contributed by atoms with van der Waals surface area (Å²) in [5, 5.41) is 8.48. The molecule has 1 saturated carbocycles. The van der Waals surface area contributed by atoms with Crippen molar-refractivity contribution in [2.75, 3.05) is 0 Å². The topological polar surface area (TPSA) is 76.9 Å². The summed E-state index contributed by atoms with van der Waals surface area (Å²) in [5.74, 6) is 0.507. The molecule has 0 bridgehead atoms. The van der Waals surface area contributed by atoms with Gasteiger partial charge in [-0.15, -0.1) is 5.10 Å². The number of pyridine rings is 1. The fourth-order valence-electron chi connectivity index (χ4n) is 3.23. The zero-order valence-electron chi connectivity index (χ0n) is 12.7. The van der Waals surface area contributed by atoms with Gasteiger partial charge >= 0.3 is 0 Å². The van der Waals surface area contributed by atoms with Crippen LogP contribution in [0.2, 0.25) is 0 Å². The van der Waals surface area contributed by atoms with E-state index in [1.54, 1.807) is 11.4 Å². The molecule has 23 heavy (non-hydrogen) atoms. The van der Waals surface area contributed by atoms with Gasteiger partial charge in [-0.05, 0) is 55.1 Å². The van der Waals surface area contributed by atoms with Crippen LogP contribution in [-0.4, -0.2) is 26.1 Å². The van der Waals surface area contributed by atoms with Crippen molar-refractivity contribution in [3.8, 4) is 0 Å². The first-order chi connectivity index (χ1) is 11.2. The van der Waals surface area contributed by atoms with E-state index < -0.39 is 0 Å². The molecule has 1 fully saturated rings. The molecule has 2 aliphatic carbocycles. The van der Waals surface area contributed by atoms with Gasteiger partial charge in [0.15, 0.2) is 5.69 Å². The van der Waals surface area contributed by atoms with E-state index in [-0.39, 0.29) is 17.5 Å². The Morgan fingerprint density at radius 1 is 1.35 bits per heavy atom. The molecule has 0 radical (unpaired) electrons. The van der Waals surface area contributed by atoms with Crippen molar-refractivity contribution in [3.63, 3.8) is 0 Å². The Bertz CT molecular complexity index is 780. The molecule has 7 heteroatoms. The molecule has 2 aliphatic rings. The minimum atomic E-state index is -0.168. The van der Waals surface area contributed by atoms with Crippen LogP contribution in [0.25, 0.3) is 0 Å². The largest absolute Gasteiger partial charge is 0.348 e. The highest BCUT2D eigenvalue weighted by atomic mass is 32.1. The maximum Gasteiger partial charge on any atom is 0.272 e. The van der Waals surface area contributed by atoms with Crippen molar-refractivity contribution in [2.45, 2.75) is 44.7 Å². The van der Waals surface area contributed by atoms with Gasteiger partial charge in [0.05, 0.1) is 0 Å². The zero-order valence-corrected chi connectivity index (χ0v) is 13.5. The Hall–Kier alpha value is -2.02. The van der Waals surface area contributed by atoms with Crippen molar-refractivity contribution in [2.24, 2.45) is 5.92 Å². The van der Waals surface area contributed by atoms with Gasteiger partial charge in [0.25, 0.3) is 11.5 Å². The molecule has 6 nitrogen and oxygen atoms in total. The summed E-state index contributed by atoms with van der Waals surface area (Å²) >= 11 is 1.17. The van der Waals surface area contributed by atoms with Crippen molar-refractivity contribution in [1.29, 1.82) is 0 Å². The molecule has 4 rings (SSSR count). The predicted molar refractivity (Wildman–Crippen MR) is 86.6 cm³/mol. The first kappa shape index (κ1) is 14.6. The van der Waals surface area contributed by atoms with E-state index in [0.29, 0.717) is 11.6 Å². The summed E-state index contributed by atoms with van der Waals surface area (Å²) in [6.45, 7) is 0.851. The maximum atomic E-state index is 12.1. The van der Waals surface area contributed by atoms with E-state index in [2.05, 4.69) is 14.9 Å². The molecule has 2 aromatic rings. The molecular weight excluding hydrogens is 312 g/mol. The average molecular weight is 330 g/mol. The predicted octanol–water partition coefficient (Wildman–Crippen LogP) is 1.40. The number of aromatic nitrogens is 3. The molecule has 120 valence electrons. The van der Waals surface area contributed by atoms with Crippen molar-refractivity contribution < 1.29 is 4.79 Å². The van der Waals surface area contributed by atoms with Gasteiger partial charge in [-0.25, -0.2) is 0 Å². The minimum absolute atomic E-state index is 0.0866. The Morgan fingerprint density at radius 3 is 2.96 bits per heavy atom. The Morgan fingerprint density at radius 2 is 2.22 bits per heavy atom. The molecule has 1 unspecified atom stereocenters. The first-order valence-corrected chi connectivity index (χ1v) is 8.84. The summed E-state index contributed by atoms with van der Waals surface area (Å²) in [6.07, 6.45) is 4.92. The van der Waals surface area contributed by atoms with Crippen LogP contribution >= 0.6 is 11.5 Å². The minimum Gasteiger partial charge on any atom is -0.348 e. The van der Waals surface area contributed by atoms with Crippen LogP contribution in [0, 0.1) is 5.92 Å². The fraction of sp³-hybridized carbons (Fsp3) is 0.500. The number of hydrogen-bond donors (Lipinski definition) is 1. The second-order valence-corrected chi connectivity index (χ2v) is 7.01. The van der Waals surface area contributed by atoms with E-state index in [4.69, 9.17) is 0 Å². The highest BCUT2D eigenvalue weighted by molar-refractivity contribution is 7.03.